The van der Waals surface area contributed by atoms with Gasteiger partial charge in [0.2, 0.25) is 0 Å². The van der Waals surface area contributed by atoms with Crippen LogP contribution < -0.4 is 0 Å². The summed E-state index contributed by atoms with van der Waals surface area (Å²) in [5.41, 5.74) is 1.98. The van der Waals surface area contributed by atoms with Crippen molar-refractivity contribution in [2.24, 2.45) is 0 Å². The molecule has 0 N–H and O–H groups in total. The van der Waals surface area contributed by atoms with Crippen LogP contribution in [0, 0.1) is 6.92 Å². The lowest BCUT2D eigenvalue weighted by atomic mass is 10.1. The van der Waals surface area contributed by atoms with Crippen molar-refractivity contribution in [2.45, 2.75) is 6.92 Å². The summed E-state index contributed by atoms with van der Waals surface area (Å²) in [5, 5.41) is 0.725. The fourth-order valence-electron chi connectivity index (χ4n) is 0.948. The van der Waals surface area contributed by atoms with Gasteiger partial charge in [-0.25, -0.2) is 0 Å². The molecule has 0 radical (unpaired) electrons. The van der Waals surface area contributed by atoms with Gasteiger partial charge in [-0.2, -0.15) is 0 Å². The summed E-state index contributed by atoms with van der Waals surface area (Å²) in [7, 11) is 0. The van der Waals surface area contributed by atoms with Crippen LogP contribution in [0.25, 0.3) is 6.08 Å². The first-order chi connectivity index (χ1) is 5.75. The van der Waals surface area contributed by atoms with E-state index in [4.69, 9.17) is 11.6 Å². The van der Waals surface area contributed by atoms with Crippen molar-refractivity contribution in [1.82, 2.24) is 0 Å². The third-order valence-corrected chi connectivity index (χ3v) is 2.07. The quantitative estimate of drug-likeness (QED) is 0.505. The van der Waals surface area contributed by atoms with Crippen LogP contribution in [0.5, 0.6) is 0 Å². The van der Waals surface area contributed by atoms with Crippen molar-refractivity contribution in [2.75, 3.05) is 0 Å². The number of allylic oxidation sites excluding steroid dienone is 1. The van der Waals surface area contributed by atoms with Gasteiger partial charge in [-0.05, 0) is 30.2 Å². The van der Waals surface area contributed by atoms with Crippen molar-refractivity contribution in [3.05, 3.63) is 40.4 Å². The van der Waals surface area contributed by atoms with Gasteiger partial charge >= 0.3 is 0 Å². The first-order valence-corrected chi connectivity index (χ1v) is 4.00. The SMILES string of the molecule is Cc1c(Cl)cccc1/C=C/C=O. The zero-order valence-electron chi connectivity index (χ0n) is 6.75. The molecule has 1 rings (SSSR count). The summed E-state index contributed by atoms with van der Waals surface area (Å²) in [5.74, 6) is 0. The highest BCUT2D eigenvalue weighted by Gasteiger charge is 1.96. The minimum absolute atomic E-state index is 0.725. The Bertz CT molecular complexity index is 316. The van der Waals surface area contributed by atoms with Crippen LogP contribution in [0.3, 0.4) is 0 Å². The molecule has 0 aromatic heterocycles. The predicted molar refractivity (Wildman–Crippen MR) is 51.3 cm³/mol. The third-order valence-electron chi connectivity index (χ3n) is 1.66. The molecule has 0 unspecified atom stereocenters. The number of hydrogen-bond acceptors (Lipinski definition) is 1. The second-order valence-electron chi connectivity index (χ2n) is 2.45. The van der Waals surface area contributed by atoms with Crippen molar-refractivity contribution in [3.63, 3.8) is 0 Å². The van der Waals surface area contributed by atoms with Crippen LogP contribution in [0.2, 0.25) is 5.02 Å². The van der Waals surface area contributed by atoms with Crippen molar-refractivity contribution >= 4 is 24.0 Å². The molecule has 1 nitrogen and oxygen atoms in total. The lowest BCUT2D eigenvalue weighted by Gasteiger charge is -2.00. The number of carbonyl (C=O) groups is 1. The monoisotopic (exact) mass is 180 g/mol. The Balaban J connectivity index is 3.07. The Morgan fingerprint density at radius 2 is 2.17 bits per heavy atom. The minimum atomic E-state index is 0.725. The maximum absolute atomic E-state index is 10.1. The highest BCUT2D eigenvalue weighted by atomic mass is 35.5. The fraction of sp³-hybridized carbons (Fsp3) is 0.100. The smallest absolute Gasteiger partial charge is 0.142 e. The second-order valence-corrected chi connectivity index (χ2v) is 2.86. The molecule has 0 aliphatic heterocycles. The van der Waals surface area contributed by atoms with Gasteiger partial charge in [0.05, 0.1) is 0 Å². The van der Waals surface area contributed by atoms with Gasteiger partial charge in [0.25, 0.3) is 0 Å². The summed E-state index contributed by atoms with van der Waals surface area (Å²) < 4.78 is 0. The molecular weight excluding hydrogens is 172 g/mol. The van der Waals surface area contributed by atoms with E-state index in [2.05, 4.69) is 0 Å². The molecule has 0 aliphatic carbocycles. The Morgan fingerprint density at radius 1 is 1.42 bits per heavy atom. The average molecular weight is 181 g/mol. The van der Waals surface area contributed by atoms with E-state index in [1.54, 1.807) is 6.08 Å². The van der Waals surface area contributed by atoms with Crippen LogP contribution in [-0.4, -0.2) is 6.29 Å². The van der Waals surface area contributed by atoms with Gasteiger partial charge in [-0.15, -0.1) is 0 Å². The van der Waals surface area contributed by atoms with Crippen molar-refractivity contribution < 1.29 is 4.79 Å². The van der Waals surface area contributed by atoms with E-state index in [1.807, 2.05) is 25.1 Å². The predicted octanol–water partition coefficient (Wildman–Crippen LogP) is 2.86. The molecule has 0 fully saturated rings. The van der Waals surface area contributed by atoms with Crippen LogP contribution >= 0.6 is 11.6 Å². The van der Waals surface area contributed by atoms with Crippen LogP contribution in [-0.2, 0) is 4.79 Å². The maximum atomic E-state index is 10.1. The number of rotatable bonds is 2. The molecule has 1 aromatic carbocycles. The Hall–Kier alpha value is -1.08. The van der Waals surface area contributed by atoms with Crippen molar-refractivity contribution in [3.8, 4) is 0 Å². The molecule has 0 heterocycles. The zero-order valence-corrected chi connectivity index (χ0v) is 7.51. The normalized spacial score (nSPS) is 10.5. The zero-order chi connectivity index (χ0) is 8.97. The Labute approximate surface area is 76.7 Å². The summed E-state index contributed by atoms with van der Waals surface area (Å²) in [6, 6.07) is 5.61. The summed E-state index contributed by atoms with van der Waals surface area (Å²) in [4.78, 5) is 10.1. The lowest BCUT2D eigenvalue weighted by Crippen LogP contribution is -1.80. The van der Waals surface area contributed by atoms with Crippen LogP contribution in [0.15, 0.2) is 24.3 Å². The molecule has 0 atom stereocenters. The fourth-order valence-corrected chi connectivity index (χ4v) is 1.13. The number of benzene rings is 1. The van der Waals surface area contributed by atoms with Gasteiger partial charge in [-0.1, -0.05) is 29.8 Å². The van der Waals surface area contributed by atoms with Gasteiger partial charge in [-0.3, -0.25) is 4.79 Å². The van der Waals surface area contributed by atoms with E-state index in [1.165, 1.54) is 6.08 Å². The molecular formula is C10H9ClO. The van der Waals surface area contributed by atoms with Crippen LogP contribution in [0.4, 0.5) is 0 Å². The number of hydrogen-bond donors (Lipinski definition) is 0. The Morgan fingerprint density at radius 3 is 2.83 bits per heavy atom. The Kier molecular flexibility index (Phi) is 3.06. The second kappa shape index (κ2) is 4.07. The highest BCUT2D eigenvalue weighted by molar-refractivity contribution is 6.31. The molecule has 0 saturated carbocycles. The number of halogens is 1. The molecule has 0 bridgehead atoms. The van der Waals surface area contributed by atoms with Gasteiger partial charge in [0.1, 0.15) is 6.29 Å². The van der Waals surface area contributed by atoms with Gasteiger partial charge < -0.3 is 0 Å². The number of aldehydes is 1. The van der Waals surface area contributed by atoms with E-state index in [0.29, 0.717) is 0 Å². The van der Waals surface area contributed by atoms with Crippen molar-refractivity contribution in [1.29, 1.82) is 0 Å². The maximum Gasteiger partial charge on any atom is 0.142 e. The van der Waals surface area contributed by atoms with Crippen LogP contribution in [0.1, 0.15) is 11.1 Å². The molecule has 0 amide bonds. The average Bonchev–Trinajstić information content (AvgIpc) is 2.08. The molecule has 12 heavy (non-hydrogen) atoms. The van der Waals surface area contributed by atoms with Gasteiger partial charge in [0.15, 0.2) is 0 Å². The number of carbonyl (C=O) groups excluding carboxylic acids is 1. The van der Waals surface area contributed by atoms with E-state index in [9.17, 15) is 4.79 Å². The van der Waals surface area contributed by atoms with E-state index in [0.717, 1.165) is 22.4 Å². The van der Waals surface area contributed by atoms with E-state index in [-0.39, 0.29) is 0 Å². The molecule has 1 aromatic rings. The molecule has 2 heteroatoms. The topological polar surface area (TPSA) is 17.1 Å². The summed E-state index contributed by atoms with van der Waals surface area (Å²) >= 11 is 5.87. The molecule has 0 spiro atoms. The molecule has 62 valence electrons. The minimum Gasteiger partial charge on any atom is -0.299 e. The van der Waals surface area contributed by atoms with E-state index >= 15 is 0 Å². The van der Waals surface area contributed by atoms with Gasteiger partial charge in [0, 0.05) is 5.02 Å². The summed E-state index contributed by atoms with van der Waals surface area (Å²) in [6.07, 6.45) is 3.95. The highest BCUT2D eigenvalue weighted by Crippen LogP contribution is 2.19. The standard InChI is InChI=1S/C10H9ClO/c1-8-9(5-3-7-12)4-2-6-10(8)11/h2-7H,1H3/b5-3+. The van der Waals surface area contributed by atoms with E-state index < -0.39 is 0 Å². The molecule has 0 aliphatic rings. The molecule has 0 saturated heterocycles. The largest absolute Gasteiger partial charge is 0.299 e. The third kappa shape index (κ3) is 1.95. The first kappa shape index (κ1) is 9.01. The lowest BCUT2D eigenvalue weighted by molar-refractivity contribution is -0.104. The summed E-state index contributed by atoms with van der Waals surface area (Å²) in [6.45, 7) is 1.92. The first-order valence-electron chi connectivity index (χ1n) is 3.62.